The van der Waals surface area contributed by atoms with Crippen molar-refractivity contribution in [1.29, 1.82) is 5.41 Å². The third-order valence-corrected chi connectivity index (χ3v) is 6.43. The molecule has 10 heteroatoms. The van der Waals surface area contributed by atoms with Gasteiger partial charge in [-0.15, -0.1) is 0 Å². The Morgan fingerprint density at radius 2 is 1.50 bits per heavy atom. The fourth-order valence-corrected chi connectivity index (χ4v) is 4.48. The van der Waals surface area contributed by atoms with E-state index in [1.54, 1.807) is 78.9 Å². The van der Waals surface area contributed by atoms with Gasteiger partial charge in [0.25, 0.3) is 5.91 Å². The summed E-state index contributed by atoms with van der Waals surface area (Å²) < 4.78 is 29.8. The van der Waals surface area contributed by atoms with Crippen LogP contribution in [0.1, 0.15) is 15.9 Å². The molecule has 182 valence electrons. The Morgan fingerprint density at radius 3 is 2.19 bits per heavy atom. The van der Waals surface area contributed by atoms with Crippen LogP contribution in [-0.4, -0.2) is 20.2 Å². The van der Waals surface area contributed by atoms with Crippen molar-refractivity contribution < 1.29 is 17.9 Å². The normalized spacial score (nSPS) is 11.1. The van der Waals surface area contributed by atoms with Gasteiger partial charge in [0.05, 0.1) is 16.0 Å². The van der Waals surface area contributed by atoms with Gasteiger partial charge in [-0.2, -0.15) is 0 Å². The van der Waals surface area contributed by atoms with Crippen molar-refractivity contribution in [3.8, 4) is 22.6 Å². The van der Waals surface area contributed by atoms with Gasteiger partial charge in [-0.3, -0.25) is 10.2 Å². The number of carbonyl (C=O) groups excluding carboxylic acids is 1. The highest BCUT2D eigenvalue weighted by Gasteiger charge is 2.18. The fraction of sp³-hybridized carbons (Fsp3) is 0. The summed E-state index contributed by atoms with van der Waals surface area (Å²) in [7, 11) is -3.91. The molecule has 0 bridgehead atoms. The van der Waals surface area contributed by atoms with E-state index in [9.17, 15) is 13.2 Å². The van der Waals surface area contributed by atoms with Gasteiger partial charge in [-0.05, 0) is 54.1 Å². The number of halogens is 1. The lowest BCUT2D eigenvalue weighted by Gasteiger charge is -2.14. The number of sulfonamides is 1. The summed E-state index contributed by atoms with van der Waals surface area (Å²) in [5, 5.41) is 16.2. The van der Waals surface area contributed by atoms with E-state index in [-0.39, 0.29) is 22.0 Å². The summed E-state index contributed by atoms with van der Waals surface area (Å²) in [6.07, 6.45) is 0. The number of nitrogen functional groups attached to an aromatic ring is 1. The van der Waals surface area contributed by atoms with E-state index < -0.39 is 15.9 Å². The van der Waals surface area contributed by atoms with Gasteiger partial charge < -0.3 is 15.8 Å². The van der Waals surface area contributed by atoms with Crippen LogP contribution in [0.3, 0.4) is 0 Å². The number of nitrogens with one attached hydrogen (secondary N) is 2. The summed E-state index contributed by atoms with van der Waals surface area (Å²) in [5.41, 5.74) is 7.73. The molecule has 0 radical (unpaired) electrons. The Morgan fingerprint density at radius 1 is 0.861 bits per heavy atom. The molecule has 4 rings (SSSR count). The number of carbonyl (C=O) groups is 1. The lowest BCUT2D eigenvalue weighted by Crippen LogP contribution is -2.15. The Hall–Kier alpha value is -4.18. The molecule has 0 aliphatic rings. The van der Waals surface area contributed by atoms with E-state index in [1.807, 2.05) is 0 Å². The van der Waals surface area contributed by atoms with Gasteiger partial charge in [0.15, 0.2) is 0 Å². The molecule has 36 heavy (non-hydrogen) atoms. The molecule has 0 spiro atoms. The van der Waals surface area contributed by atoms with Crippen LogP contribution in [-0.2, 0) is 10.0 Å². The molecule has 0 aliphatic heterocycles. The number of para-hydroxylation sites is 1. The second-order valence-electron chi connectivity index (χ2n) is 7.73. The minimum absolute atomic E-state index is 0.00773. The molecule has 4 aromatic carbocycles. The summed E-state index contributed by atoms with van der Waals surface area (Å²) in [6.45, 7) is 0. The van der Waals surface area contributed by atoms with Gasteiger partial charge in [0, 0.05) is 16.3 Å². The summed E-state index contributed by atoms with van der Waals surface area (Å²) in [4.78, 5) is 13.1. The Kier molecular flexibility index (Phi) is 7.07. The number of benzene rings is 4. The molecule has 4 aromatic rings. The predicted octanol–water partition coefficient (Wildman–Crippen LogP) is 4.98. The number of hydrogen-bond acceptors (Lipinski definition) is 5. The van der Waals surface area contributed by atoms with Crippen molar-refractivity contribution in [2.24, 2.45) is 10.9 Å². The SMILES string of the molecule is N=C(N)c1ccccc1Oc1ccc(Cl)cc1C(=O)Nc1ccc(-c2ccccc2S(N)(=O)=O)cc1. The number of amidine groups is 1. The van der Waals surface area contributed by atoms with Gasteiger partial charge in [-0.25, -0.2) is 13.6 Å². The van der Waals surface area contributed by atoms with Crippen LogP contribution in [0, 0.1) is 5.41 Å². The second-order valence-corrected chi connectivity index (χ2v) is 9.69. The van der Waals surface area contributed by atoms with E-state index in [2.05, 4.69) is 5.32 Å². The summed E-state index contributed by atoms with van der Waals surface area (Å²) in [6, 6.07) is 24.4. The molecule has 0 saturated carbocycles. The smallest absolute Gasteiger partial charge is 0.259 e. The summed E-state index contributed by atoms with van der Waals surface area (Å²) >= 11 is 6.14. The number of anilines is 1. The quantitative estimate of drug-likeness (QED) is 0.200. The highest BCUT2D eigenvalue weighted by molar-refractivity contribution is 7.89. The van der Waals surface area contributed by atoms with Crippen LogP contribution in [0.4, 0.5) is 5.69 Å². The molecule has 1 amide bonds. The van der Waals surface area contributed by atoms with Crippen molar-refractivity contribution in [3.05, 3.63) is 107 Å². The Balaban J connectivity index is 1.60. The largest absolute Gasteiger partial charge is 0.456 e. The van der Waals surface area contributed by atoms with Crippen molar-refractivity contribution in [3.63, 3.8) is 0 Å². The van der Waals surface area contributed by atoms with E-state index in [0.717, 1.165) is 0 Å². The minimum Gasteiger partial charge on any atom is -0.456 e. The third-order valence-electron chi connectivity index (χ3n) is 5.23. The van der Waals surface area contributed by atoms with E-state index >= 15 is 0 Å². The zero-order chi connectivity index (χ0) is 25.9. The zero-order valence-electron chi connectivity index (χ0n) is 18.7. The highest BCUT2D eigenvalue weighted by atomic mass is 35.5. The molecule has 0 heterocycles. The number of rotatable bonds is 7. The van der Waals surface area contributed by atoms with Gasteiger partial charge >= 0.3 is 0 Å². The standard InChI is InChI=1S/C26H21ClN4O4S/c27-17-11-14-23(35-22-7-3-1-6-20(22)25(28)29)21(15-17)26(32)31-18-12-9-16(10-13-18)19-5-2-4-8-24(19)36(30,33)34/h1-15H,(H3,28,29)(H,31,32)(H2,30,33,34). The van der Waals surface area contributed by atoms with Crippen LogP contribution in [0.15, 0.2) is 95.9 Å². The molecule has 0 unspecified atom stereocenters. The van der Waals surface area contributed by atoms with Crippen molar-refractivity contribution >= 4 is 39.1 Å². The van der Waals surface area contributed by atoms with E-state index in [1.165, 1.54) is 12.1 Å². The average molecular weight is 521 g/mol. The number of hydrogen-bond donors (Lipinski definition) is 4. The number of primary sulfonamides is 1. The average Bonchev–Trinajstić information content (AvgIpc) is 2.85. The van der Waals surface area contributed by atoms with Gasteiger partial charge in [0.1, 0.15) is 17.3 Å². The first-order chi connectivity index (χ1) is 17.1. The molecule has 8 nitrogen and oxygen atoms in total. The van der Waals surface area contributed by atoms with Crippen LogP contribution in [0.25, 0.3) is 11.1 Å². The fourth-order valence-electron chi connectivity index (χ4n) is 3.55. The highest BCUT2D eigenvalue weighted by Crippen LogP contribution is 2.31. The lowest BCUT2D eigenvalue weighted by atomic mass is 10.1. The third kappa shape index (κ3) is 5.55. The first kappa shape index (κ1) is 24.9. The molecular weight excluding hydrogens is 500 g/mol. The Labute approximate surface area is 213 Å². The monoisotopic (exact) mass is 520 g/mol. The lowest BCUT2D eigenvalue weighted by molar-refractivity contribution is 0.102. The number of amides is 1. The maximum atomic E-state index is 13.1. The molecule has 0 fully saturated rings. The molecule has 0 aliphatic carbocycles. The van der Waals surface area contributed by atoms with Crippen molar-refractivity contribution in [1.82, 2.24) is 0 Å². The van der Waals surface area contributed by atoms with Crippen LogP contribution >= 0.6 is 11.6 Å². The van der Waals surface area contributed by atoms with Gasteiger partial charge in [-0.1, -0.05) is 54.1 Å². The number of nitrogens with two attached hydrogens (primary N) is 2. The molecular formula is C26H21ClN4O4S. The topological polar surface area (TPSA) is 148 Å². The first-order valence-corrected chi connectivity index (χ1v) is 12.5. The van der Waals surface area contributed by atoms with Gasteiger partial charge in [0.2, 0.25) is 10.0 Å². The van der Waals surface area contributed by atoms with Crippen LogP contribution in [0.2, 0.25) is 5.02 Å². The maximum Gasteiger partial charge on any atom is 0.259 e. The molecule has 0 saturated heterocycles. The molecule has 0 atom stereocenters. The van der Waals surface area contributed by atoms with Crippen molar-refractivity contribution in [2.45, 2.75) is 4.90 Å². The number of ether oxygens (including phenoxy) is 1. The van der Waals surface area contributed by atoms with Crippen LogP contribution in [0.5, 0.6) is 11.5 Å². The molecule has 0 aromatic heterocycles. The van der Waals surface area contributed by atoms with Crippen LogP contribution < -0.4 is 20.9 Å². The van der Waals surface area contributed by atoms with E-state index in [4.69, 9.17) is 32.6 Å². The second kappa shape index (κ2) is 10.2. The predicted molar refractivity (Wildman–Crippen MR) is 140 cm³/mol. The minimum atomic E-state index is -3.91. The van der Waals surface area contributed by atoms with Crippen molar-refractivity contribution in [2.75, 3.05) is 5.32 Å². The maximum absolute atomic E-state index is 13.1. The molecule has 6 N–H and O–H groups in total. The Bertz CT molecular complexity index is 1570. The zero-order valence-corrected chi connectivity index (χ0v) is 20.3. The first-order valence-electron chi connectivity index (χ1n) is 10.6. The van der Waals surface area contributed by atoms with E-state index in [0.29, 0.717) is 33.1 Å². The summed E-state index contributed by atoms with van der Waals surface area (Å²) in [5.74, 6) is -0.108.